The summed E-state index contributed by atoms with van der Waals surface area (Å²) in [7, 11) is 1.77. The number of rotatable bonds is 5. The van der Waals surface area contributed by atoms with Crippen LogP contribution in [0.3, 0.4) is 0 Å². The maximum atomic E-state index is 5.42. The molecule has 0 aliphatic carbocycles. The zero-order valence-corrected chi connectivity index (χ0v) is 18.3. The topological polar surface area (TPSA) is 72.7 Å². The molecule has 0 unspecified atom stereocenters. The number of imidazole rings is 1. The van der Waals surface area contributed by atoms with Crippen molar-refractivity contribution in [2.24, 2.45) is 4.99 Å². The number of aryl methyl sites for hydroxylation is 1. The number of aliphatic imine (C=N–C) groups is 1. The molecule has 3 aromatic rings. The van der Waals surface area contributed by atoms with Gasteiger partial charge in [-0.25, -0.2) is 4.98 Å². The molecule has 1 aliphatic heterocycles. The van der Waals surface area contributed by atoms with E-state index in [1.807, 2.05) is 43.3 Å². The fourth-order valence-corrected chi connectivity index (χ4v) is 3.22. The van der Waals surface area contributed by atoms with Crippen molar-refractivity contribution in [1.82, 2.24) is 20.2 Å². The molecule has 0 atom stereocenters. The lowest BCUT2D eigenvalue weighted by atomic mass is 10.2. The third-order valence-electron chi connectivity index (χ3n) is 4.59. The number of fused-ring (bicyclic) bond motifs is 2. The predicted octanol–water partition coefficient (Wildman–Crippen LogP) is 3.06. The third-order valence-corrected chi connectivity index (χ3v) is 4.59. The Kier molecular flexibility index (Phi) is 6.61. The Morgan fingerprint density at radius 1 is 1.14 bits per heavy atom. The zero-order valence-electron chi connectivity index (χ0n) is 15.9. The first-order chi connectivity index (χ1) is 13.2. The molecule has 0 bridgehead atoms. The van der Waals surface area contributed by atoms with Gasteiger partial charge in [-0.2, -0.15) is 0 Å². The van der Waals surface area contributed by atoms with Gasteiger partial charge in [-0.15, -0.1) is 24.0 Å². The lowest BCUT2D eigenvalue weighted by Gasteiger charge is -2.13. The van der Waals surface area contributed by atoms with Crippen LogP contribution in [0.5, 0.6) is 11.5 Å². The summed E-state index contributed by atoms with van der Waals surface area (Å²) in [6.07, 6.45) is 0. The maximum absolute atomic E-state index is 5.42. The maximum Gasteiger partial charge on any atom is 0.231 e. The number of hydrogen-bond donors (Lipinski definition) is 2. The van der Waals surface area contributed by atoms with Crippen LogP contribution in [0.2, 0.25) is 0 Å². The summed E-state index contributed by atoms with van der Waals surface area (Å²) in [4.78, 5) is 8.90. The van der Waals surface area contributed by atoms with Gasteiger partial charge in [0.15, 0.2) is 17.5 Å². The molecular weight excluding hydrogens is 469 g/mol. The van der Waals surface area contributed by atoms with Crippen LogP contribution in [-0.4, -0.2) is 35.9 Å². The van der Waals surface area contributed by atoms with E-state index in [2.05, 4.69) is 31.2 Å². The van der Waals surface area contributed by atoms with Gasteiger partial charge in [0, 0.05) is 26.7 Å². The molecule has 148 valence electrons. The number of nitrogens with zero attached hydrogens (tertiary/aromatic N) is 3. The molecule has 2 N–H and O–H groups in total. The first-order valence-electron chi connectivity index (χ1n) is 8.99. The van der Waals surface area contributed by atoms with E-state index in [1.165, 1.54) is 0 Å². The Morgan fingerprint density at radius 3 is 2.82 bits per heavy atom. The molecule has 0 radical (unpaired) electrons. The van der Waals surface area contributed by atoms with Gasteiger partial charge in [-0.05, 0) is 36.8 Å². The van der Waals surface area contributed by atoms with Gasteiger partial charge in [0.1, 0.15) is 5.82 Å². The van der Waals surface area contributed by atoms with Crippen molar-refractivity contribution in [2.45, 2.75) is 20.0 Å². The highest BCUT2D eigenvalue weighted by molar-refractivity contribution is 14.0. The monoisotopic (exact) mass is 493 g/mol. The highest BCUT2D eigenvalue weighted by atomic mass is 127. The van der Waals surface area contributed by atoms with Gasteiger partial charge < -0.3 is 24.7 Å². The number of benzene rings is 2. The Morgan fingerprint density at radius 2 is 1.96 bits per heavy atom. The highest BCUT2D eigenvalue weighted by Gasteiger charge is 2.13. The van der Waals surface area contributed by atoms with Crippen molar-refractivity contribution in [3.05, 3.63) is 53.9 Å². The van der Waals surface area contributed by atoms with E-state index in [4.69, 9.17) is 9.47 Å². The van der Waals surface area contributed by atoms with Crippen molar-refractivity contribution in [2.75, 3.05) is 20.4 Å². The first kappa shape index (κ1) is 20.2. The van der Waals surface area contributed by atoms with Crippen molar-refractivity contribution in [1.29, 1.82) is 0 Å². The van der Waals surface area contributed by atoms with Crippen LogP contribution in [0.1, 0.15) is 11.4 Å². The standard InChI is InChI=1S/C20H23N5O2.HI/c1-14-24-16-5-3-4-6-17(16)25(14)10-9-22-20(21-2)23-12-15-7-8-18-19(11-15)27-13-26-18;/h3-8,11H,9-10,12-13H2,1-2H3,(H2,21,22,23);1H. The van der Waals surface area contributed by atoms with Crippen LogP contribution in [0.15, 0.2) is 47.5 Å². The molecule has 4 rings (SSSR count). The fraction of sp³-hybridized carbons (Fsp3) is 0.300. The average Bonchev–Trinajstić information content (AvgIpc) is 3.28. The number of guanidine groups is 1. The van der Waals surface area contributed by atoms with E-state index < -0.39 is 0 Å². The number of halogens is 1. The fourth-order valence-electron chi connectivity index (χ4n) is 3.22. The van der Waals surface area contributed by atoms with Gasteiger partial charge in [0.2, 0.25) is 6.79 Å². The van der Waals surface area contributed by atoms with Gasteiger partial charge in [-0.1, -0.05) is 18.2 Å². The minimum atomic E-state index is 0. The molecular formula is C20H24IN5O2. The summed E-state index contributed by atoms with van der Waals surface area (Å²) in [6, 6.07) is 14.1. The second kappa shape index (κ2) is 9.13. The summed E-state index contributed by atoms with van der Waals surface area (Å²) < 4.78 is 13.0. The summed E-state index contributed by atoms with van der Waals surface area (Å²) in [6.45, 7) is 4.55. The second-order valence-corrected chi connectivity index (χ2v) is 6.34. The highest BCUT2D eigenvalue weighted by Crippen LogP contribution is 2.32. The molecule has 0 amide bonds. The van der Waals surface area contributed by atoms with E-state index in [0.29, 0.717) is 6.54 Å². The Bertz CT molecular complexity index is 986. The van der Waals surface area contributed by atoms with Gasteiger partial charge in [-0.3, -0.25) is 4.99 Å². The molecule has 2 aromatic carbocycles. The van der Waals surface area contributed by atoms with Crippen molar-refractivity contribution >= 4 is 41.0 Å². The number of nitrogens with one attached hydrogen (secondary N) is 2. The molecule has 7 nitrogen and oxygen atoms in total. The van der Waals surface area contributed by atoms with E-state index in [9.17, 15) is 0 Å². The van der Waals surface area contributed by atoms with Crippen LogP contribution in [-0.2, 0) is 13.1 Å². The third kappa shape index (κ3) is 4.32. The number of hydrogen-bond acceptors (Lipinski definition) is 4. The second-order valence-electron chi connectivity index (χ2n) is 6.34. The number of ether oxygens (including phenoxy) is 2. The first-order valence-corrected chi connectivity index (χ1v) is 8.99. The van der Waals surface area contributed by atoms with Crippen LogP contribution < -0.4 is 20.1 Å². The van der Waals surface area contributed by atoms with E-state index in [1.54, 1.807) is 7.05 Å². The summed E-state index contributed by atoms with van der Waals surface area (Å²) in [5, 5.41) is 6.68. The van der Waals surface area contributed by atoms with E-state index >= 15 is 0 Å². The number of aromatic nitrogens is 2. The van der Waals surface area contributed by atoms with Crippen molar-refractivity contribution in [3.63, 3.8) is 0 Å². The molecule has 0 saturated heterocycles. The van der Waals surface area contributed by atoms with Crippen LogP contribution in [0, 0.1) is 6.92 Å². The lowest BCUT2D eigenvalue weighted by Crippen LogP contribution is -2.38. The molecule has 8 heteroatoms. The molecule has 0 spiro atoms. The normalized spacial score (nSPS) is 12.7. The molecule has 1 aromatic heterocycles. The Labute approximate surface area is 181 Å². The van der Waals surface area contributed by atoms with Gasteiger partial charge in [0.25, 0.3) is 0 Å². The Hall–Kier alpha value is -2.49. The lowest BCUT2D eigenvalue weighted by molar-refractivity contribution is 0.174. The molecule has 28 heavy (non-hydrogen) atoms. The van der Waals surface area contributed by atoms with E-state index in [-0.39, 0.29) is 30.8 Å². The smallest absolute Gasteiger partial charge is 0.231 e. The SMILES string of the molecule is CN=C(NCCn1c(C)nc2ccccc21)NCc1ccc2c(c1)OCO2.I. The summed E-state index contributed by atoms with van der Waals surface area (Å²) >= 11 is 0. The molecule has 1 aliphatic rings. The van der Waals surface area contributed by atoms with Gasteiger partial charge >= 0.3 is 0 Å². The largest absolute Gasteiger partial charge is 0.454 e. The van der Waals surface area contributed by atoms with E-state index in [0.717, 1.165) is 53.0 Å². The number of para-hydroxylation sites is 2. The minimum Gasteiger partial charge on any atom is -0.454 e. The molecule has 0 saturated carbocycles. The summed E-state index contributed by atoms with van der Waals surface area (Å²) in [5.41, 5.74) is 3.29. The van der Waals surface area contributed by atoms with Crippen molar-refractivity contribution in [3.8, 4) is 11.5 Å². The van der Waals surface area contributed by atoms with Crippen LogP contribution in [0.4, 0.5) is 0 Å². The predicted molar refractivity (Wildman–Crippen MR) is 121 cm³/mol. The van der Waals surface area contributed by atoms with Crippen molar-refractivity contribution < 1.29 is 9.47 Å². The van der Waals surface area contributed by atoms with Gasteiger partial charge in [0.05, 0.1) is 11.0 Å². The Balaban J connectivity index is 0.00000225. The van der Waals surface area contributed by atoms with Crippen LogP contribution >= 0.6 is 24.0 Å². The average molecular weight is 493 g/mol. The van der Waals surface area contributed by atoms with Crippen LogP contribution in [0.25, 0.3) is 11.0 Å². The minimum absolute atomic E-state index is 0. The molecule has 2 heterocycles. The molecule has 0 fully saturated rings. The zero-order chi connectivity index (χ0) is 18.6. The summed E-state index contributed by atoms with van der Waals surface area (Å²) in [5.74, 6) is 3.36. The quantitative estimate of drug-likeness (QED) is 0.325.